The van der Waals surface area contributed by atoms with E-state index in [2.05, 4.69) is 4.74 Å². The Bertz CT molecular complexity index is 121. The molecule has 0 aliphatic heterocycles. The summed E-state index contributed by atoms with van der Waals surface area (Å²) in [5.41, 5.74) is 0. The third kappa shape index (κ3) is 5.69. The molecule has 0 rings (SSSR count). The topological polar surface area (TPSA) is 26.3 Å². The van der Waals surface area contributed by atoms with Crippen molar-refractivity contribution in [2.75, 3.05) is 18.6 Å². The van der Waals surface area contributed by atoms with Crippen molar-refractivity contribution < 1.29 is 9.53 Å². The van der Waals surface area contributed by atoms with Crippen LogP contribution in [0.3, 0.4) is 0 Å². The highest BCUT2D eigenvalue weighted by Gasteiger charge is 1.96. The van der Waals surface area contributed by atoms with Crippen molar-refractivity contribution in [1.29, 1.82) is 0 Å². The van der Waals surface area contributed by atoms with Crippen molar-refractivity contribution in [2.24, 2.45) is 0 Å². The van der Waals surface area contributed by atoms with Crippen LogP contribution in [0, 0.1) is 0 Å². The molecule has 0 N–H and O–H groups in total. The lowest BCUT2D eigenvalue weighted by atomic mass is 10.6. The molecule has 2 nitrogen and oxygen atoms in total. The maximum atomic E-state index is 10.5. The second-order valence-corrected chi connectivity index (χ2v) is 2.69. The minimum absolute atomic E-state index is 0.158. The summed E-state index contributed by atoms with van der Waals surface area (Å²) in [6, 6.07) is 0. The van der Waals surface area contributed by atoms with Gasteiger partial charge in [0.2, 0.25) is 0 Å². The number of methoxy groups -OCH3 is 1. The molecule has 0 amide bonds. The van der Waals surface area contributed by atoms with Crippen LogP contribution in [0.25, 0.3) is 0 Å². The van der Waals surface area contributed by atoms with Crippen LogP contribution in [0.1, 0.15) is 6.92 Å². The zero-order chi connectivity index (χ0) is 7.82. The summed E-state index contributed by atoms with van der Waals surface area (Å²) in [5.74, 6) is 1.17. The van der Waals surface area contributed by atoms with E-state index in [1.807, 2.05) is 19.1 Å². The molecule has 0 saturated carbocycles. The number of esters is 1. The molecule has 0 radical (unpaired) electrons. The number of hydrogen-bond donors (Lipinski definition) is 0. The van der Waals surface area contributed by atoms with Crippen LogP contribution in [0.5, 0.6) is 0 Å². The van der Waals surface area contributed by atoms with Gasteiger partial charge in [-0.15, -0.1) is 11.8 Å². The molecular formula is C7H12O2S. The summed E-state index contributed by atoms with van der Waals surface area (Å²) in [5, 5.41) is 0. The van der Waals surface area contributed by atoms with E-state index in [0.717, 1.165) is 5.75 Å². The summed E-state index contributed by atoms with van der Waals surface area (Å²) < 4.78 is 4.45. The lowest BCUT2D eigenvalue weighted by molar-refractivity contribution is -0.137. The van der Waals surface area contributed by atoms with Crippen molar-refractivity contribution >= 4 is 17.7 Å². The van der Waals surface area contributed by atoms with Crippen molar-refractivity contribution in [2.45, 2.75) is 6.92 Å². The van der Waals surface area contributed by atoms with Crippen LogP contribution >= 0.6 is 11.8 Å². The van der Waals surface area contributed by atoms with E-state index in [9.17, 15) is 4.79 Å². The first-order chi connectivity index (χ1) is 4.81. The van der Waals surface area contributed by atoms with Gasteiger partial charge in [0, 0.05) is 5.75 Å². The number of carbonyl (C=O) groups excluding carboxylic acids is 1. The smallest absolute Gasteiger partial charge is 0.315 e. The SMILES string of the molecule is C/C=C/CSCC(=O)OC. The second-order valence-electron chi connectivity index (χ2n) is 1.66. The molecule has 3 heteroatoms. The standard InChI is InChI=1S/C7H12O2S/c1-3-4-5-10-6-7(8)9-2/h3-4H,5-6H2,1-2H3/b4-3+. The monoisotopic (exact) mass is 160 g/mol. The number of rotatable bonds is 4. The summed E-state index contributed by atoms with van der Waals surface area (Å²) in [7, 11) is 1.40. The zero-order valence-electron chi connectivity index (χ0n) is 6.29. The summed E-state index contributed by atoms with van der Waals surface area (Å²) in [6.45, 7) is 1.96. The molecule has 0 saturated heterocycles. The van der Waals surface area contributed by atoms with Crippen LogP contribution in [-0.2, 0) is 9.53 Å². The fourth-order valence-corrected chi connectivity index (χ4v) is 1.10. The first kappa shape index (κ1) is 9.56. The Morgan fingerprint density at radius 2 is 2.40 bits per heavy atom. The average Bonchev–Trinajstić information content (AvgIpc) is 1.98. The molecule has 10 heavy (non-hydrogen) atoms. The molecule has 0 unspecified atom stereocenters. The fraction of sp³-hybridized carbons (Fsp3) is 0.571. The van der Waals surface area contributed by atoms with E-state index < -0.39 is 0 Å². The molecule has 0 bridgehead atoms. The number of ether oxygens (including phenoxy) is 1. The zero-order valence-corrected chi connectivity index (χ0v) is 7.11. The molecule has 0 spiro atoms. The van der Waals surface area contributed by atoms with E-state index in [4.69, 9.17) is 0 Å². The molecule has 0 heterocycles. The third-order valence-corrected chi connectivity index (χ3v) is 1.77. The third-order valence-electron chi connectivity index (χ3n) is 0.897. The highest BCUT2D eigenvalue weighted by molar-refractivity contribution is 8.00. The maximum Gasteiger partial charge on any atom is 0.315 e. The van der Waals surface area contributed by atoms with Crippen LogP contribution in [0.4, 0.5) is 0 Å². The minimum Gasteiger partial charge on any atom is -0.468 e. The molecular weight excluding hydrogens is 148 g/mol. The van der Waals surface area contributed by atoms with Crippen molar-refractivity contribution in [3.05, 3.63) is 12.2 Å². The van der Waals surface area contributed by atoms with Gasteiger partial charge in [-0.2, -0.15) is 0 Å². The van der Waals surface area contributed by atoms with E-state index in [-0.39, 0.29) is 5.97 Å². The number of hydrogen-bond acceptors (Lipinski definition) is 3. The van der Waals surface area contributed by atoms with Gasteiger partial charge in [-0.1, -0.05) is 12.2 Å². The quantitative estimate of drug-likeness (QED) is 0.354. The number of allylic oxidation sites excluding steroid dienone is 1. The molecule has 0 atom stereocenters. The lowest BCUT2D eigenvalue weighted by Crippen LogP contribution is -2.03. The molecule has 0 fully saturated rings. The maximum absolute atomic E-state index is 10.5. The minimum atomic E-state index is -0.158. The highest BCUT2D eigenvalue weighted by atomic mass is 32.2. The van der Waals surface area contributed by atoms with Gasteiger partial charge < -0.3 is 4.74 Å². The molecule has 0 aromatic rings. The van der Waals surface area contributed by atoms with Crippen molar-refractivity contribution in [3.8, 4) is 0 Å². The van der Waals surface area contributed by atoms with Crippen LogP contribution < -0.4 is 0 Å². The Labute approximate surface area is 65.6 Å². The van der Waals surface area contributed by atoms with E-state index in [0.29, 0.717) is 5.75 Å². The molecule has 0 aromatic heterocycles. The predicted molar refractivity (Wildman–Crippen MR) is 44.2 cm³/mol. The van der Waals surface area contributed by atoms with Gasteiger partial charge >= 0.3 is 5.97 Å². The van der Waals surface area contributed by atoms with E-state index in [1.165, 1.54) is 7.11 Å². The molecule has 58 valence electrons. The second kappa shape index (κ2) is 6.68. The number of thioether (sulfide) groups is 1. The Morgan fingerprint density at radius 1 is 1.70 bits per heavy atom. The molecule has 0 aliphatic rings. The van der Waals surface area contributed by atoms with Crippen LogP contribution in [-0.4, -0.2) is 24.6 Å². The Kier molecular flexibility index (Phi) is 6.38. The predicted octanol–water partition coefficient (Wildman–Crippen LogP) is 1.47. The molecule has 0 aromatic carbocycles. The first-order valence-electron chi connectivity index (χ1n) is 3.07. The first-order valence-corrected chi connectivity index (χ1v) is 4.22. The van der Waals surface area contributed by atoms with Crippen molar-refractivity contribution in [1.82, 2.24) is 0 Å². The van der Waals surface area contributed by atoms with Gasteiger partial charge in [0.15, 0.2) is 0 Å². The number of carbonyl (C=O) groups is 1. The summed E-state index contributed by atoms with van der Waals surface area (Å²) in [4.78, 5) is 10.5. The highest BCUT2D eigenvalue weighted by Crippen LogP contribution is 1.99. The van der Waals surface area contributed by atoms with Gasteiger partial charge in [-0.3, -0.25) is 4.79 Å². The lowest BCUT2D eigenvalue weighted by Gasteiger charge is -1.94. The van der Waals surface area contributed by atoms with Gasteiger partial charge in [-0.05, 0) is 6.92 Å². The summed E-state index contributed by atoms with van der Waals surface area (Å²) >= 11 is 1.55. The van der Waals surface area contributed by atoms with Gasteiger partial charge in [0.05, 0.1) is 12.9 Å². The van der Waals surface area contributed by atoms with Crippen molar-refractivity contribution in [3.63, 3.8) is 0 Å². The summed E-state index contributed by atoms with van der Waals surface area (Å²) in [6.07, 6.45) is 3.97. The van der Waals surface area contributed by atoms with E-state index >= 15 is 0 Å². The Morgan fingerprint density at radius 3 is 2.90 bits per heavy atom. The normalized spacial score (nSPS) is 10.2. The van der Waals surface area contributed by atoms with Gasteiger partial charge in [0.25, 0.3) is 0 Å². The Balaban J connectivity index is 3.11. The van der Waals surface area contributed by atoms with Gasteiger partial charge in [0.1, 0.15) is 0 Å². The van der Waals surface area contributed by atoms with Crippen LogP contribution in [0.2, 0.25) is 0 Å². The van der Waals surface area contributed by atoms with Gasteiger partial charge in [-0.25, -0.2) is 0 Å². The van der Waals surface area contributed by atoms with Crippen LogP contribution in [0.15, 0.2) is 12.2 Å². The fourth-order valence-electron chi connectivity index (χ4n) is 0.365. The average molecular weight is 160 g/mol. The van der Waals surface area contributed by atoms with E-state index in [1.54, 1.807) is 11.8 Å². The largest absolute Gasteiger partial charge is 0.468 e. The Hall–Kier alpha value is -0.440. The molecule has 0 aliphatic carbocycles.